The van der Waals surface area contributed by atoms with Crippen molar-refractivity contribution in [3.63, 3.8) is 0 Å². The van der Waals surface area contributed by atoms with E-state index >= 15 is 0 Å². The molecule has 2 rings (SSSR count). The minimum Gasteiger partial charge on any atom is -0.223 e. The van der Waals surface area contributed by atoms with Crippen LogP contribution >= 0.6 is 0 Å². The highest BCUT2D eigenvalue weighted by Gasteiger charge is 2.19. The molecule has 5 heteroatoms. The van der Waals surface area contributed by atoms with Gasteiger partial charge in [0.15, 0.2) is 9.84 Å². The Bertz CT molecular complexity index is 836. The maximum Gasteiger partial charge on any atom is 0.182 e. The molecule has 0 aliphatic heterocycles. The molecular formula is C16H14FNO2S. The second-order valence-corrected chi connectivity index (χ2v) is 6.89. The van der Waals surface area contributed by atoms with E-state index < -0.39 is 21.4 Å². The Labute approximate surface area is 123 Å². The largest absolute Gasteiger partial charge is 0.223 e. The summed E-state index contributed by atoms with van der Waals surface area (Å²) in [7, 11) is -3.65. The Morgan fingerprint density at radius 1 is 1.14 bits per heavy atom. The summed E-state index contributed by atoms with van der Waals surface area (Å²) in [6.45, 7) is 3.72. The van der Waals surface area contributed by atoms with Crippen LogP contribution in [-0.2, 0) is 15.6 Å². The smallest absolute Gasteiger partial charge is 0.182 e. The summed E-state index contributed by atoms with van der Waals surface area (Å²) in [5.41, 5.74) is 1.71. The van der Waals surface area contributed by atoms with E-state index in [1.165, 1.54) is 24.3 Å². The molecule has 0 fully saturated rings. The van der Waals surface area contributed by atoms with E-state index in [0.29, 0.717) is 0 Å². The standard InChI is InChI=1S/C16H14FNO2S/c1-11-6-7-15(8-12(11)2)21(19,20)10-14-5-3-4-13(9-18)16(14)17/h3-8H,10H2,1-2H3. The van der Waals surface area contributed by atoms with Gasteiger partial charge < -0.3 is 0 Å². The van der Waals surface area contributed by atoms with Crippen molar-refractivity contribution in [1.82, 2.24) is 0 Å². The molecule has 0 spiro atoms. The van der Waals surface area contributed by atoms with Crippen molar-refractivity contribution in [2.24, 2.45) is 0 Å². The number of hydrogen-bond donors (Lipinski definition) is 0. The van der Waals surface area contributed by atoms with Crippen LogP contribution in [0, 0.1) is 31.0 Å². The van der Waals surface area contributed by atoms with Gasteiger partial charge in [0, 0.05) is 5.56 Å². The summed E-state index contributed by atoms with van der Waals surface area (Å²) in [5.74, 6) is -1.23. The fraction of sp³-hybridized carbons (Fsp3) is 0.188. The van der Waals surface area contributed by atoms with Gasteiger partial charge in [0.25, 0.3) is 0 Å². The number of hydrogen-bond acceptors (Lipinski definition) is 3. The third-order valence-electron chi connectivity index (χ3n) is 3.38. The molecule has 0 saturated carbocycles. The number of rotatable bonds is 3. The molecule has 0 atom stereocenters. The maximum absolute atomic E-state index is 14.0. The molecule has 0 N–H and O–H groups in total. The van der Waals surface area contributed by atoms with Crippen molar-refractivity contribution in [3.8, 4) is 6.07 Å². The molecule has 0 saturated heterocycles. The van der Waals surface area contributed by atoms with Crippen molar-refractivity contribution in [2.45, 2.75) is 24.5 Å². The number of nitriles is 1. The zero-order valence-electron chi connectivity index (χ0n) is 11.7. The minimum atomic E-state index is -3.65. The molecule has 0 aromatic heterocycles. The topological polar surface area (TPSA) is 57.9 Å². The van der Waals surface area contributed by atoms with E-state index in [4.69, 9.17) is 5.26 Å². The number of sulfone groups is 1. The lowest BCUT2D eigenvalue weighted by atomic mass is 10.1. The molecule has 0 amide bonds. The van der Waals surface area contributed by atoms with Crippen LogP contribution < -0.4 is 0 Å². The molecule has 108 valence electrons. The van der Waals surface area contributed by atoms with Crippen LogP contribution in [-0.4, -0.2) is 8.42 Å². The Balaban J connectivity index is 2.43. The first-order valence-electron chi connectivity index (χ1n) is 6.32. The van der Waals surface area contributed by atoms with Crippen LogP contribution in [0.1, 0.15) is 22.3 Å². The van der Waals surface area contributed by atoms with Crippen molar-refractivity contribution in [2.75, 3.05) is 0 Å². The first-order chi connectivity index (χ1) is 9.85. The highest BCUT2D eigenvalue weighted by molar-refractivity contribution is 7.90. The number of halogens is 1. The quantitative estimate of drug-likeness (QED) is 0.874. The number of benzene rings is 2. The van der Waals surface area contributed by atoms with Gasteiger partial charge in [-0.15, -0.1) is 0 Å². The van der Waals surface area contributed by atoms with Crippen LogP contribution in [0.15, 0.2) is 41.3 Å². The van der Waals surface area contributed by atoms with E-state index in [0.717, 1.165) is 11.1 Å². The highest BCUT2D eigenvalue weighted by atomic mass is 32.2. The van der Waals surface area contributed by atoms with Gasteiger partial charge >= 0.3 is 0 Å². The van der Waals surface area contributed by atoms with E-state index in [-0.39, 0.29) is 16.0 Å². The summed E-state index contributed by atoms with van der Waals surface area (Å²) in [5, 5.41) is 8.79. The van der Waals surface area contributed by atoms with Gasteiger partial charge in [-0.1, -0.05) is 18.2 Å². The Morgan fingerprint density at radius 3 is 2.48 bits per heavy atom. The first-order valence-corrected chi connectivity index (χ1v) is 7.98. The molecule has 21 heavy (non-hydrogen) atoms. The second kappa shape index (κ2) is 5.66. The van der Waals surface area contributed by atoms with Gasteiger partial charge in [0.1, 0.15) is 11.9 Å². The van der Waals surface area contributed by atoms with Gasteiger partial charge in [-0.25, -0.2) is 12.8 Å². The maximum atomic E-state index is 14.0. The minimum absolute atomic E-state index is 0.00674. The number of aryl methyl sites for hydroxylation is 2. The third kappa shape index (κ3) is 3.11. The van der Waals surface area contributed by atoms with Crippen LogP contribution in [0.25, 0.3) is 0 Å². The summed E-state index contributed by atoms with van der Waals surface area (Å²) in [6.07, 6.45) is 0. The zero-order chi connectivity index (χ0) is 15.6. The van der Waals surface area contributed by atoms with Crippen molar-refractivity contribution in [1.29, 1.82) is 5.26 Å². The van der Waals surface area contributed by atoms with Gasteiger partial charge in [-0.05, 0) is 43.2 Å². The summed E-state index contributed by atoms with van der Waals surface area (Å²) >= 11 is 0. The van der Waals surface area contributed by atoms with Crippen LogP contribution in [0.3, 0.4) is 0 Å². The Morgan fingerprint density at radius 2 is 1.86 bits per heavy atom. The molecule has 0 heterocycles. The van der Waals surface area contributed by atoms with E-state index in [1.807, 2.05) is 13.8 Å². The Kier molecular flexibility index (Phi) is 4.10. The van der Waals surface area contributed by atoms with Crippen molar-refractivity contribution >= 4 is 9.84 Å². The monoisotopic (exact) mass is 303 g/mol. The normalized spacial score (nSPS) is 11.1. The lowest BCUT2D eigenvalue weighted by molar-refractivity contribution is 0.586. The first kappa shape index (κ1) is 15.2. The van der Waals surface area contributed by atoms with Gasteiger partial charge in [-0.3, -0.25) is 0 Å². The second-order valence-electron chi connectivity index (χ2n) is 4.90. The van der Waals surface area contributed by atoms with E-state index in [9.17, 15) is 12.8 Å². The van der Waals surface area contributed by atoms with E-state index in [2.05, 4.69) is 0 Å². The Hall–Kier alpha value is -2.19. The molecule has 0 radical (unpaired) electrons. The SMILES string of the molecule is Cc1ccc(S(=O)(=O)Cc2cccc(C#N)c2F)cc1C. The molecule has 3 nitrogen and oxygen atoms in total. The molecule has 0 aliphatic rings. The average molecular weight is 303 g/mol. The van der Waals surface area contributed by atoms with Crippen LogP contribution in [0.4, 0.5) is 4.39 Å². The van der Waals surface area contributed by atoms with Crippen LogP contribution in [0.5, 0.6) is 0 Å². The summed E-state index contributed by atoms with van der Waals surface area (Å²) < 4.78 is 38.7. The van der Waals surface area contributed by atoms with Gasteiger partial charge in [0.05, 0.1) is 16.2 Å². The van der Waals surface area contributed by atoms with Gasteiger partial charge in [0.2, 0.25) is 0 Å². The predicted molar refractivity (Wildman–Crippen MR) is 77.9 cm³/mol. The molecule has 2 aromatic rings. The third-order valence-corrected chi connectivity index (χ3v) is 5.05. The van der Waals surface area contributed by atoms with Gasteiger partial charge in [-0.2, -0.15) is 5.26 Å². The predicted octanol–water partition coefficient (Wildman–Crippen LogP) is 3.29. The highest BCUT2D eigenvalue weighted by Crippen LogP contribution is 2.22. The molecule has 0 bridgehead atoms. The molecular weight excluding hydrogens is 289 g/mol. The average Bonchev–Trinajstić information content (AvgIpc) is 2.44. The lowest BCUT2D eigenvalue weighted by Crippen LogP contribution is -2.07. The molecule has 0 unspecified atom stereocenters. The lowest BCUT2D eigenvalue weighted by Gasteiger charge is -2.08. The summed E-state index contributed by atoms with van der Waals surface area (Å²) in [4.78, 5) is 0.160. The molecule has 2 aromatic carbocycles. The van der Waals surface area contributed by atoms with Crippen molar-refractivity contribution < 1.29 is 12.8 Å². The zero-order valence-corrected chi connectivity index (χ0v) is 12.5. The number of nitrogens with zero attached hydrogens (tertiary/aromatic N) is 1. The van der Waals surface area contributed by atoms with E-state index in [1.54, 1.807) is 18.2 Å². The summed E-state index contributed by atoms with van der Waals surface area (Å²) in [6, 6.07) is 10.7. The van der Waals surface area contributed by atoms with Crippen LogP contribution in [0.2, 0.25) is 0 Å². The van der Waals surface area contributed by atoms with Crippen molar-refractivity contribution in [3.05, 3.63) is 64.5 Å². The fourth-order valence-corrected chi connectivity index (χ4v) is 3.40. The fourth-order valence-electron chi connectivity index (χ4n) is 1.97. The molecule has 0 aliphatic carbocycles.